The predicted molar refractivity (Wildman–Crippen MR) is 107 cm³/mol. The van der Waals surface area contributed by atoms with E-state index in [1.54, 1.807) is 14.2 Å². The zero-order chi connectivity index (χ0) is 18.8. The molecular formula is C21H22N4O2. The van der Waals surface area contributed by atoms with Gasteiger partial charge in [0.2, 0.25) is 5.95 Å². The van der Waals surface area contributed by atoms with E-state index in [1.807, 2.05) is 31.2 Å². The Labute approximate surface area is 158 Å². The lowest BCUT2D eigenvalue weighted by Gasteiger charge is -2.20. The molecule has 2 heterocycles. The van der Waals surface area contributed by atoms with Crippen molar-refractivity contribution in [3.8, 4) is 11.5 Å². The van der Waals surface area contributed by atoms with Crippen LogP contribution in [0.15, 0.2) is 48.5 Å². The number of aromatic nitrogens is 2. The molecule has 0 aliphatic carbocycles. The van der Waals surface area contributed by atoms with Crippen molar-refractivity contribution in [1.29, 1.82) is 0 Å². The van der Waals surface area contributed by atoms with Gasteiger partial charge >= 0.3 is 0 Å². The Morgan fingerprint density at radius 3 is 2.67 bits per heavy atom. The molecule has 1 aliphatic heterocycles. The molecule has 0 bridgehead atoms. The molecule has 0 atom stereocenters. The van der Waals surface area contributed by atoms with E-state index in [4.69, 9.17) is 14.5 Å². The number of fused-ring (bicyclic) bond motifs is 1. The summed E-state index contributed by atoms with van der Waals surface area (Å²) in [6, 6.07) is 16.0. The number of rotatable bonds is 5. The third kappa shape index (κ3) is 3.38. The second-order valence-corrected chi connectivity index (χ2v) is 6.41. The first kappa shape index (κ1) is 17.1. The minimum atomic E-state index is 0.529. The highest BCUT2D eigenvalue weighted by molar-refractivity contribution is 5.70. The molecule has 138 valence electrons. The van der Waals surface area contributed by atoms with E-state index >= 15 is 0 Å². The third-order valence-corrected chi connectivity index (χ3v) is 4.66. The number of hydrogen-bond donors (Lipinski definition) is 1. The molecule has 0 spiro atoms. The molecule has 4 rings (SSSR count). The number of aryl methyl sites for hydroxylation is 1. The lowest BCUT2D eigenvalue weighted by Crippen LogP contribution is -2.16. The first-order valence-electron chi connectivity index (χ1n) is 8.88. The summed E-state index contributed by atoms with van der Waals surface area (Å²) >= 11 is 0. The molecule has 27 heavy (non-hydrogen) atoms. The maximum absolute atomic E-state index is 5.44. The molecule has 1 aliphatic rings. The van der Waals surface area contributed by atoms with E-state index < -0.39 is 0 Å². The summed E-state index contributed by atoms with van der Waals surface area (Å²) in [5, 5.41) is 3.27. The lowest BCUT2D eigenvalue weighted by atomic mass is 10.2. The number of ether oxygens (including phenoxy) is 2. The van der Waals surface area contributed by atoms with Crippen molar-refractivity contribution in [2.75, 3.05) is 31.0 Å². The van der Waals surface area contributed by atoms with Gasteiger partial charge < -0.3 is 19.7 Å². The molecular weight excluding hydrogens is 340 g/mol. The van der Waals surface area contributed by atoms with Crippen LogP contribution in [0, 0.1) is 6.92 Å². The van der Waals surface area contributed by atoms with Gasteiger partial charge in [-0.25, -0.2) is 4.98 Å². The van der Waals surface area contributed by atoms with Gasteiger partial charge in [-0.3, -0.25) is 0 Å². The van der Waals surface area contributed by atoms with Gasteiger partial charge in [-0.05, 0) is 37.1 Å². The van der Waals surface area contributed by atoms with Crippen molar-refractivity contribution in [3.63, 3.8) is 0 Å². The SMILES string of the molecule is COc1ccc(OC)c(Nc2nc(C)cc(N3CCc4ccccc43)n2)c1. The molecule has 0 fully saturated rings. The fraction of sp³-hybridized carbons (Fsp3) is 0.238. The van der Waals surface area contributed by atoms with E-state index in [-0.39, 0.29) is 0 Å². The second kappa shape index (κ2) is 7.15. The topological polar surface area (TPSA) is 59.5 Å². The Morgan fingerprint density at radius 1 is 1.00 bits per heavy atom. The highest BCUT2D eigenvalue weighted by atomic mass is 16.5. The first-order chi connectivity index (χ1) is 13.2. The molecule has 0 saturated heterocycles. The normalized spacial score (nSPS) is 12.6. The zero-order valence-electron chi connectivity index (χ0n) is 15.7. The van der Waals surface area contributed by atoms with Crippen molar-refractivity contribution in [1.82, 2.24) is 9.97 Å². The molecule has 0 saturated carbocycles. The second-order valence-electron chi connectivity index (χ2n) is 6.41. The lowest BCUT2D eigenvalue weighted by molar-refractivity contribution is 0.405. The van der Waals surface area contributed by atoms with Gasteiger partial charge in [-0.2, -0.15) is 4.98 Å². The Hall–Kier alpha value is -3.28. The van der Waals surface area contributed by atoms with Crippen LogP contribution >= 0.6 is 0 Å². The molecule has 6 nitrogen and oxygen atoms in total. The van der Waals surface area contributed by atoms with Gasteiger partial charge in [0.15, 0.2) is 0 Å². The summed E-state index contributed by atoms with van der Waals surface area (Å²) in [7, 11) is 3.27. The van der Waals surface area contributed by atoms with Crippen LogP contribution in [0.5, 0.6) is 11.5 Å². The van der Waals surface area contributed by atoms with Crippen LogP contribution in [-0.2, 0) is 6.42 Å². The van der Waals surface area contributed by atoms with Crippen LogP contribution in [0.1, 0.15) is 11.3 Å². The highest BCUT2D eigenvalue weighted by Gasteiger charge is 2.21. The molecule has 0 unspecified atom stereocenters. The molecule has 2 aromatic carbocycles. The van der Waals surface area contributed by atoms with Crippen LogP contribution in [0.25, 0.3) is 0 Å². The minimum Gasteiger partial charge on any atom is -0.497 e. The average Bonchev–Trinajstić information content (AvgIpc) is 3.11. The number of anilines is 4. The Bertz CT molecular complexity index is 974. The smallest absolute Gasteiger partial charge is 0.229 e. The molecule has 1 N–H and O–H groups in total. The van der Waals surface area contributed by atoms with Crippen molar-refractivity contribution in [2.24, 2.45) is 0 Å². The van der Waals surface area contributed by atoms with Crippen LogP contribution in [0.3, 0.4) is 0 Å². The minimum absolute atomic E-state index is 0.529. The van der Waals surface area contributed by atoms with Crippen LogP contribution in [-0.4, -0.2) is 30.7 Å². The number of nitrogens with zero attached hydrogens (tertiary/aromatic N) is 3. The summed E-state index contributed by atoms with van der Waals surface area (Å²) in [5.74, 6) is 2.85. The summed E-state index contributed by atoms with van der Waals surface area (Å²) in [4.78, 5) is 11.5. The van der Waals surface area contributed by atoms with Gasteiger partial charge in [0.25, 0.3) is 0 Å². The quantitative estimate of drug-likeness (QED) is 0.733. The Morgan fingerprint density at radius 2 is 1.85 bits per heavy atom. The Kier molecular flexibility index (Phi) is 4.54. The predicted octanol–water partition coefficient (Wildman–Crippen LogP) is 4.24. The van der Waals surface area contributed by atoms with Gasteiger partial charge in [-0.1, -0.05) is 18.2 Å². The van der Waals surface area contributed by atoms with E-state index in [1.165, 1.54) is 11.3 Å². The maximum atomic E-state index is 5.44. The average molecular weight is 362 g/mol. The van der Waals surface area contributed by atoms with E-state index in [0.717, 1.165) is 35.9 Å². The monoisotopic (exact) mass is 362 g/mol. The summed E-state index contributed by atoms with van der Waals surface area (Å²) in [5.41, 5.74) is 4.21. The number of nitrogens with one attached hydrogen (secondary N) is 1. The summed E-state index contributed by atoms with van der Waals surface area (Å²) in [6.07, 6.45) is 1.02. The zero-order valence-corrected chi connectivity index (χ0v) is 15.7. The van der Waals surface area contributed by atoms with Crippen molar-refractivity contribution in [2.45, 2.75) is 13.3 Å². The van der Waals surface area contributed by atoms with Crippen molar-refractivity contribution >= 4 is 23.1 Å². The van der Waals surface area contributed by atoms with Gasteiger partial charge in [0, 0.05) is 30.1 Å². The fourth-order valence-electron chi connectivity index (χ4n) is 3.35. The largest absolute Gasteiger partial charge is 0.497 e. The van der Waals surface area contributed by atoms with Gasteiger partial charge in [-0.15, -0.1) is 0 Å². The molecule has 0 radical (unpaired) electrons. The molecule has 1 aromatic heterocycles. The van der Waals surface area contributed by atoms with E-state index in [2.05, 4.69) is 39.5 Å². The van der Waals surface area contributed by atoms with Crippen LogP contribution in [0.4, 0.5) is 23.1 Å². The van der Waals surface area contributed by atoms with E-state index in [9.17, 15) is 0 Å². The molecule has 6 heteroatoms. The number of para-hydroxylation sites is 1. The first-order valence-corrected chi connectivity index (χ1v) is 8.88. The molecule has 0 amide bonds. The molecule has 3 aromatic rings. The fourth-order valence-corrected chi connectivity index (χ4v) is 3.35. The highest BCUT2D eigenvalue weighted by Crippen LogP contribution is 2.35. The van der Waals surface area contributed by atoms with Gasteiger partial charge in [0.05, 0.1) is 19.9 Å². The van der Waals surface area contributed by atoms with Crippen molar-refractivity contribution < 1.29 is 9.47 Å². The maximum Gasteiger partial charge on any atom is 0.229 e. The number of hydrogen-bond acceptors (Lipinski definition) is 6. The standard InChI is InChI=1S/C21H22N4O2/c1-14-12-20(25-11-10-15-6-4-5-7-18(15)25)24-21(22-14)23-17-13-16(26-2)8-9-19(17)27-3/h4-9,12-13H,10-11H2,1-3H3,(H,22,23,24). The third-order valence-electron chi connectivity index (χ3n) is 4.66. The summed E-state index contributed by atoms with van der Waals surface area (Å²) < 4.78 is 10.8. The van der Waals surface area contributed by atoms with Crippen molar-refractivity contribution in [3.05, 3.63) is 59.8 Å². The number of benzene rings is 2. The van der Waals surface area contributed by atoms with Crippen LogP contribution < -0.4 is 19.7 Å². The van der Waals surface area contributed by atoms with Gasteiger partial charge in [0.1, 0.15) is 17.3 Å². The summed E-state index contributed by atoms with van der Waals surface area (Å²) in [6.45, 7) is 2.89. The number of methoxy groups -OCH3 is 2. The Balaban J connectivity index is 1.68. The van der Waals surface area contributed by atoms with E-state index in [0.29, 0.717) is 11.7 Å². The van der Waals surface area contributed by atoms with Crippen LogP contribution in [0.2, 0.25) is 0 Å².